The number of aromatic carboxylic acids is 1. The van der Waals surface area contributed by atoms with E-state index < -0.39 is 5.97 Å². The van der Waals surface area contributed by atoms with Crippen LogP contribution in [0.5, 0.6) is 5.75 Å². The van der Waals surface area contributed by atoms with E-state index in [-0.39, 0.29) is 11.5 Å². The number of fused-ring (bicyclic) bond motifs is 1. The van der Waals surface area contributed by atoms with E-state index in [9.17, 15) is 9.59 Å². The van der Waals surface area contributed by atoms with Crippen molar-refractivity contribution >= 4 is 23.4 Å². The number of amides is 1. The highest BCUT2D eigenvalue weighted by Crippen LogP contribution is 2.35. The van der Waals surface area contributed by atoms with E-state index in [1.165, 1.54) is 0 Å². The Kier molecular flexibility index (Phi) is 4.64. The van der Waals surface area contributed by atoms with Crippen LogP contribution < -0.4 is 9.64 Å². The monoisotopic (exact) mass is 369 g/mol. The van der Waals surface area contributed by atoms with Crippen molar-refractivity contribution in [1.82, 2.24) is 9.88 Å². The normalized spacial score (nSPS) is 16.4. The highest BCUT2D eigenvalue weighted by atomic mass is 16.5. The predicted molar refractivity (Wildman–Crippen MR) is 96.9 cm³/mol. The van der Waals surface area contributed by atoms with Crippen molar-refractivity contribution in [3.8, 4) is 5.75 Å². The van der Waals surface area contributed by atoms with Crippen LogP contribution >= 0.6 is 0 Å². The van der Waals surface area contributed by atoms with Gasteiger partial charge in [-0.05, 0) is 30.3 Å². The van der Waals surface area contributed by atoms with Gasteiger partial charge in [0.05, 0.1) is 30.9 Å². The van der Waals surface area contributed by atoms with Gasteiger partial charge in [0.15, 0.2) is 11.6 Å². The van der Waals surface area contributed by atoms with Gasteiger partial charge < -0.3 is 24.4 Å². The molecule has 2 aliphatic rings. The first kappa shape index (κ1) is 17.3. The zero-order valence-electron chi connectivity index (χ0n) is 14.6. The Bertz CT molecular complexity index is 862. The Morgan fingerprint density at radius 3 is 2.44 bits per heavy atom. The molecule has 1 aromatic heterocycles. The summed E-state index contributed by atoms with van der Waals surface area (Å²) in [7, 11) is 0. The summed E-state index contributed by atoms with van der Waals surface area (Å²) >= 11 is 0. The lowest BCUT2D eigenvalue weighted by atomic mass is 10.1. The SMILES string of the molecule is O=C(O)c1ccc(N2CCOc3cc(C(=O)N4CCOCC4)cnc32)cc1. The largest absolute Gasteiger partial charge is 0.488 e. The number of hydrogen-bond donors (Lipinski definition) is 1. The minimum atomic E-state index is -0.965. The molecule has 0 unspecified atom stereocenters. The van der Waals surface area contributed by atoms with Gasteiger partial charge in [-0.2, -0.15) is 0 Å². The Labute approximate surface area is 155 Å². The number of carboxylic acids is 1. The molecule has 1 amide bonds. The maximum absolute atomic E-state index is 12.6. The van der Waals surface area contributed by atoms with Crippen LogP contribution in [-0.4, -0.2) is 66.3 Å². The number of morpholine rings is 1. The molecule has 0 radical (unpaired) electrons. The van der Waals surface area contributed by atoms with Crippen LogP contribution in [0.3, 0.4) is 0 Å². The third-order valence-electron chi connectivity index (χ3n) is 4.63. The number of nitrogens with zero attached hydrogens (tertiary/aromatic N) is 3. The highest BCUT2D eigenvalue weighted by molar-refractivity contribution is 5.95. The van der Waals surface area contributed by atoms with Gasteiger partial charge in [0.1, 0.15) is 6.61 Å². The van der Waals surface area contributed by atoms with E-state index >= 15 is 0 Å². The fraction of sp³-hybridized carbons (Fsp3) is 0.316. The summed E-state index contributed by atoms with van der Waals surface area (Å²) in [5.41, 5.74) is 1.54. The maximum atomic E-state index is 12.6. The van der Waals surface area contributed by atoms with E-state index in [4.69, 9.17) is 14.6 Å². The van der Waals surface area contributed by atoms with Crippen LogP contribution in [0.25, 0.3) is 0 Å². The smallest absolute Gasteiger partial charge is 0.335 e. The second kappa shape index (κ2) is 7.24. The molecule has 1 aromatic carbocycles. The van der Waals surface area contributed by atoms with Crippen LogP contribution in [0.1, 0.15) is 20.7 Å². The zero-order chi connectivity index (χ0) is 18.8. The maximum Gasteiger partial charge on any atom is 0.335 e. The van der Waals surface area contributed by atoms with E-state index in [1.54, 1.807) is 41.4 Å². The number of aromatic nitrogens is 1. The van der Waals surface area contributed by atoms with Crippen LogP contribution in [-0.2, 0) is 4.74 Å². The lowest BCUT2D eigenvalue weighted by Crippen LogP contribution is -2.40. The molecule has 1 saturated heterocycles. The van der Waals surface area contributed by atoms with E-state index in [0.717, 1.165) is 5.69 Å². The molecule has 2 aromatic rings. The van der Waals surface area contributed by atoms with E-state index in [2.05, 4.69) is 4.98 Å². The van der Waals surface area contributed by atoms with Gasteiger partial charge in [-0.15, -0.1) is 0 Å². The lowest BCUT2D eigenvalue weighted by Gasteiger charge is -2.31. The first-order valence-electron chi connectivity index (χ1n) is 8.74. The molecule has 0 saturated carbocycles. The number of carbonyl (C=O) groups excluding carboxylic acids is 1. The minimum absolute atomic E-state index is 0.0832. The number of ether oxygens (including phenoxy) is 2. The third-order valence-corrected chi connectivity index (χ3v) is 4.63. The number of hydrogen-bond acceptors (Lipinski definition) is 6. The molecule has 1 fully saturated rings. The second-order valence-corrected chi connectivity index (χ2v) is 6.30. The molecule has 8 nitrogen and oxygen atoms in total. The van der Waals surface area contributed by atoms with Gasteiger partial charge >= 0.3 is 5.97 Å². The van der Waals surface area contributed by atoms with Crippen molar-refractivity contribution in [2.24, 2.45) is 0 Å². The molecule has 2 aliphatic heterocycles. The van der Waals surface area contributed by atoms with Gasteiger partial charge in [-0.25, -0.2) is 9.78 Å². The molecule has 0 bridgehead atoms. The van der Waals surface area contributed by atoms with Crippen molar-refractivity contribution in [3.63, 3.8) is 0 Å². The molecule has 0 spiro atoms. The molecule has 140 valence electrons. The zero-order valence-corrected chi connectivity index (χ0v) is 14.6. The summed E-state index contributed by atoms with van der Waals surface area (Å²) in [5, 5.41) is 9.04. The van der Waals surface area contributed by atoms with Crippen LogP contribution in [0.2, 0.25) is 0 Å². The molecule has 0 aliphatic carbocycles. The third kappa shape index (κ3) is 3.43. The number of carbonyl (C=O) groups is 2. The standard InChI is InChI=1S/C19H19N3O5/c23-18(21-5-8-26-9-6-21)14-11-16-17(20-12-14)22(7-10-27-16)15-3-1-13(2-4-15)19(24)25/h1-4,11-12H,5-10H2,(H,24,25). The summed E-state index contributed by atoms with van der Waals surface area (Å²) < 4.78 is 11.0. The van der Waals surface area contributed by atoms with E-state index in [1.807, 2.05) is 4.90 Å². The lowest BCUT2D eigenvalue weighted by molar-refractivity contribution is 0.0302. The van der Waals surface area contributed by atoms with Gasteiger partial charge in [-0.1, -0.05) is 0 Å². The Hall–Kier alpha value is -3.13. The van der Waals surface area contributed by atoms with Crippen LogP contribution in [0.4, 0.5) is 11.5 Å². The second-order valence-electron chi connectivity index (χ2n) is 6.30. The Balaban J connectivity index is 1.59. The first-order valence-corrected chi connectivity index (χ1v) is 8.74. The number of benzene rings is 1. The van der Waals surface area contributed by atoms with Gasteiger partial charge in [-0.3, -0.25) is 4.79 Å². The van der Waals surface area contributed by atoms with Crippen LogP contribution in [0.15, 0.2) is 36.5 Å². The Morgan fingerprint density at radius 2 is 1.74 bits per heavy atom. The molecular weight excluding hydrogens is 350 g/mol. The molecule has 27 heavy (non-hydrogen) atoms. The number of rotatable bonds is 3. The van der Waals surface area contributed by atoms with Crippen molar-refractivity contribution in [2.75, 3.05) is 44.4 Å². The van der Waals surface area contributed by atoms with Crippen LogP contribution in [0, 0.1) is 0 Å². The van der Waals surface area contributed by atoms with Crippen molar-refractivity contribution < 1.29 is 24.2 Å². The molecule has 1 N–H and O–H groups in total. The number of carboxylic acid groups (broad SMARTS) is 1. The molecular formula is C19H19N3O5. The van der Waals surface area contributed by atoms with Crippen molar-refractivity contribution in [2.45, 2.75) is 0 Å². The predicted octanol–water partition coefficient (Wildman–Crippen LogP) is 1.78. The quantitative estimate of drug-likeness (QED) is 0.882. The fourth-order valence-electron chi connectivity index (χ4n) is 3.20. The molecule has 8 heteroatoms. The average molecular weight is 369 g/mol. The summed E-state index contributed by atoms with van der Waals surface area (Å²) in [6.45, 7) is 3.26. The number of pyridine rings is 1. The van der Waals surface area contributed by atoms with Gasteiger partial charge in [0.2, 0.25) is 0 Å². The van der Waals surface area contributed by atoms with Crippen molar-refractivity contribution in [1.29, 1.82) is 0 Å². The first-order chi connectivity index (χ1) is 13.1. The number of anilines is 2. The topological polar surface area (TPSA) is 92.2 Å². The van der Waals surface area contributed by atoms with Gasteiger partial charge in [0, 0.05) is 25.0 Å². The molecule has 3 heterocycles. The highest BCUT2D eigenvalue weighted by Gasteiger charge is 2.25. The van der Waals surface area contributed by atoms with Gasteiger partial charge in [0.25, 0.3) is 5.91 Å². The average Bonchev–Trinajstić information content (AvgIpc) is 2.73. The van der Waals surface area contributed by atoms with Crippen molar-refractivity contribution in [3.05, 3.63) is 47.7 Å². The summed E-state index contributed by atoms with van der Waals surface area (Å²) in [6, 6.07) is 8.32. The molecule has 0 atom stereocenters. The summed E-state index contributed by atoms with van der Waals surface area (Å²) in [4.78, 5) is 31.8. The van der Waals surface area contributed by atoms with E-state index in [0.29, 0.717) is 56.6 Å². The fourth-order valence-corrected chi connectivity index (χ4v) is 3.20. The Morgan fingerprint density at radius 1 is 1.00 bits per heavy atom. The summed E-state index contributed by atoms with van der Waals surface area (Å²) in [6.07, 6.45) is 1.56. The molecule has 4 rings (SSSR count). The summed E-state index contributed by atoms with van der Waals surface area (Å²) in [5.74, 6) is 0.110. The minimum Gasteiger partial charge on any atom is -0.488 e.